The predicted molar refractivity (Wildman–Crippen MR) is 85.5 cm³/mol. The van der Waals surface area contributed by atoms with Crippen molar-refractivity contribution in [3.8, 4) is 0 Å². The molecule has 2 N–H and O–H groups in total. The quantitative estimate of drug-likeness (QED) is 0.572. The SMILES string of the molecule is CCC[C@@H](CNC(=O)OOC(C)(C)C)C(=O)N1CC(C)C(O)C1. The number of aliphatic hydroxyl groups is 1. The Morgan fingerprint density at radius 2 is 2.00 bits per heavy atom. The minimum absolute atomic E-state index is 0.0349. The number of aliphatic hydroxyl groups excluding tert-OH is 1. The Morgan fingerprint density at radius 3 is 2.48 bits per heavy atom. The highest BCUT2D eigenvalue weighted by Crippen LogP contribution is 2.20. The van der Waals surface area contributed by atoms with Gasteiger partial charge >= 0.3 is 6.09 Å². The summed E-state index contributed by atoms with van der Waals surface area (Å²) in [5, 5.41) is 12.4. The summed E-state index contributed by atoms with van der Waals surface area (Å²) in [6.45, 7) is 10.3. The zero-order valence-corrected chi connectivity index (χ0v) is 14.8. The summed E-state index contributed by atoms with van der Waals surface area (Å²) in [5.74, 6) is -0.272. The van der Waals surface area contributed by atoms with Gasteiger partial charge in [0.1, 0.15) is 5.60 Å². The molecule has 0 aliphatic carbocycles. The number of rotatable bonds is 6. The van der Waals surface area contributed by atoms with E-state index in [-0.39, 0.29) is 24.3 Å². The number of carbonyl (C=O) groups is 2. The fourth-order valence-corrected chi connectivity index (χ4v) is 2.45. The van der Waals surface area contributed by atoms with Gasteiger partial charge in [-0.1, -0.05) is 20.3 Å². The standard InChI is InChI=1S/C16H30N2O5/c1-6-7-12(8-17-15(21)22-23-16(3,4)5)14(20)18-9-11(2)13(19)10-18/h11-13,19H,6-10H2,1-5H3,(H,17,21)/t11?,12-,13?/m0/s1. The monoisotopic (exact) mass is 330 g/mol. The Hall–Kier alpha value is -1.34. The summed E-state index contributed by atoms with van der Waals surface area (Å²) in [6, 6.07) is 0. The molecule has 134 valence electrons. The van der Waals surface area contributed by atoms with E-state index in [1.54, 1.807) is 25.7 Å². The third-order valence-corrected chi connectivity index (χ3v) is 3.73. The van der Waals surface area contributed by atoms with Crippen LogP contribution in [0.5, 0.6) is 0 Å². The van der Waals surface area contributed by atoms with Gasteiger partial charge in [-0.3, -0.25) is 9.68 Å². The van der Waals surface area contributed by atoms with Crippen LogP contribution in [-0.2, 0) is 14.6 Å². The van der Waals surface area contributed by atoms with E-state index in [2.05, 4.69) is 10.2 Å². The molecule has 1 aliphatic rings. The molecular formula is C16H30N2O5. The molecule has 1 rings (SSSR count). The second-order valence-electron chi connectivity index (χ2n) is 7.22. The number of hydrogen-bond donors (Lipinski definition) is 2. The molecule has 7 nitrogen and oxygen atoms in total. The van der Waals surface area contributed by atoms with Crippen LogP contribution in [0, 0.1) is 11.8 Å². The van der Waals surface area contributed by atoms with Gasteiger partial charge in [-0.15, -0.1) is 0 Å². The lowest BCUT2D eigenvalue weighted by molar-refractivity contribution is -0.300. The molecule has 23 heavy (non-hydrogen) atoms. The highest BCUT2D eigenvalue weighted by Gasteiger charge is 2.34. The van der Waals surface area contributed by atoms with Crippen LogP contribution in [0.3, 0.4) is 0 Å². The number of carbonyl (C=O) groups excluding carboxylic acids is 2. The van der Waals surface area contributed by atoms with Crippen molar-refractivity contribution in [3.63, 3.8) is 0 Å². The molecular weight excluding hydrogens is 300 g/mol. The first-order chi connectivity index (χ1) is 10.6. The van der Waals surface area contributed by atoms with Gasteiger partial charge in [0.25, 0.3) is 0 Å². The van der Waals surface area contributed by atoms with Crippen LogP contribution >= 0.6 is 0 Å². The molecule has 2 amide bonds. The Morgan fingerprint density at radius 1 is 1.35 bits per heavy atom. The van der Waals surface area contributed by atoms with Crippen LogP contribution in [0.1, 0.15) is 47.5 Å². The van der Waals surface area contributed by atoms with E-state index in [0.717, 1.165) is 6.42 Å². The van der Waals surface area contributed by atoms with Crippen molar-refractivity contribution in [2.75, 3.05) is 19.6 Å². The molecule has 1 heterocycles. The first-order valence-corrected chi connectivity index (χ1v) is 8.24. The topological polar surface area (TPSA) is 88.1 Å². The van der Waals surface area contributed by atoms with Gasteiger partial charge in [0.2, 0.25) is 5.91 Å². The molecule has 1 saturated heterocycles. The second kappa shape index (κ2) is 8.49. The average molecular weight is 330 g/mol. The lowest BCUT2D eigenvalue weighted by Gasteiger charge is -2.23. The van der Waals surface area contributed by atoms with Gasteiger partial charge in [-0.05, 0) is 27.2 Å². The third-order valence-electron chi connectivity index (χ3n) is 3.73. The van der Waals surface area contributed by atoms with E-state index >= 15 is 0 Å². The molecule has 0 aromatic heterocycles. The number of nitrogens with one attached hydrogen (secondary N) is 1. The van der Waals surface area contributed by atoms with Gasteiger partial charge in [0.15, 0.2) is 0 Å². The molecule has 0 saturated carbocycles. The van der Waals surface area contributed by atoms with Crippen molar-refractivity contribution in [1.29, 1.82) is 0 Å². The number of hydrogen-bond acceptors (Lipinski definition) is 5. The first-order valence-electron chi connectivity index (χ1n) is 8.24. The van der Waals surface area contributed by atoms with E-state index in [1.807, 2.05) is 13.8 Å². The lowest BCUT2D eigenvalue weighted by atomic mass is 10.0. The molecule has 0 radical (unpaired) electrons. The third kappa shape index (κ3) is 6.74. The van der Waals surface area contributed by atoms with Crippen molar-refractivity contribution in [2.24, 2.45) is 11.8 Å². The molecule has 0 aromatic carbocycles. The van der Waals surface area contributed by atoms with Crippen LogP contribution in [0.2, 0.25) is 0 Å². The van der Waals surface area contributed by atoms with Crippen molar-refractivity contribution in [2.45, 2.75) is 59.2 Å². The normalized spacial score (nSPS) is 22.8. The van der Waals surface area contributed by atoms with Crippen LogP contribution < -0.4 is 5.32 Å². The largest absolute Gasteiger partial charge is 0.438 e. The minimum Gasteiger partial charge on any atom is -0.391 e. The highest BCUT2D eigenvalue weighted by molar-refractivity contribution is 5.80. The van der Waals surface area contributed by atoms with Gasteiger partial charge < -0.3 is 15.3 Å². The van der Waals surface area contributed by atoms with Crippen LogP contribution in [0.25, 0.3) is 0 Å². The molecule has 2 unspecified atom stereocenters. The summed E-state index contributed by atoms with van der Waals surface area (Å²) in [7, 11) is 0. The number of β-amino-alcohol motifs (C(OH)–C–C–N with tert-alkyl or cyclic N) is 1. The van der Waals surface area contributed by atoms with Crippen molar-refractivity contribution < 1.29 is 24.5 Å². The van der Waals surface area contributed by atoms with Gasteiger partial charge in [-0.25, -0.2) is 4.79 Å². The zero-order valence-electron chi connectivity index (χ0n) is 14.8. The Kier molecular flexibility index (Phi) is 7.28. The Bertz CT molecular complexity index is 398. The molecule has 1 aliphatic heterocycles. The zero-order chi connectivity index (χ0) is 17.6. The van der Waals surface area contributed by atoms with E-state index in [4.69, 9.17) is 4.89 Å². The summed E-state index contributed by atoms with van der Waals surface area (Å²) in [5.41, 5.74) is -0.586. The summed E-state index contributed by atoms with van der Waals surface area (Å²) < 4.78 is 0. The number of likely N-dealkylation sites (tertiary alicyclic amines) is 1. The van der Waals surface area contributed by atoms with Crippen molar-refractivity contribution >= 4 is 12.0 Å². The molecule has 0 aromatic rings. The van der Waals surface area contributed by atoms with Crippen LogP contribution in [0.15, 0.2) is 0 Å². The van der Waals surface area contributed by atoms with E-state index in [0.29, 0.717) is 19.5 Å². The summed E-state index contributed by atoms with van der Waals surface area (Å²) in [4.78, 5) is 35.4. The van der Waals surface area contributed by atoms with E-state index in [1.165, 1.54) is 0 Å². The fraction of sp³-hybridized carbons (Fsp3) is 0.875. The Labute approximate surface area is 138 Å². The number of amides is 2. The van der Waals surface area contributed by atoms with E-state index in [9.17, 15) is 14.7 Å². The fourth-order valence-electron chi connectivity index (χ4n) is 2.45. The molecule has 1 fully saturated rings. The molecule has 3 atom stereocenters. The maximum atomic E-state index is 12.5. The number of nitrogens with zero attached hydrogens (tertiary/aromatic N) is 1. The molecule has 0 bridgehead atoms. The summed E-state index contributed by atoms with van der Waals surface area (Å²) in [6.07, 6.45) is 0.320. The van der Waals surface area contributed by atoms with Gasteiger partial charge in [0, 0.05) is 25.6 Å². The van der Waals surface area contributed by atoms with E-state index < -0.39 is 17.8 Å². The lowest BCUT2D eigenvalue weighted by Crippen LogP contribution is -2.41. The maximum absolute atomic E-state index is 12.5. The second-order valence-corrected chi connectivity index (χ2v) is 7.22. The highest BCUT2D eigenvalue weighted by atomic mass is 17.2. The summed E-state index contributed by atoms with van der Waals surface area (Å²) >= 11 is 0. The van der Waals surface area contributed by atoms with Crippen LogP contribution in [0.4, 0.5) is 4.79 Å². The maximum Gasteiger partial charge on any atom is 0.438 e. The smallest absolute Gasteiger partial charge is 0.391 e. The van der Waals surface area contributed by atoms with Gasteiger partial charge in [-0.2, -0.15) is 4.89 Å². The first kappa shape index (κ1) is 19.7. The molecule has 0 spiro atoms. The Balaban J connectivity index is 2.48. The van der Waals surface area contributed by atoms with Gasteiger partial charge in [0.05, 0.1) is 12.0 Å². The minimum atomic E-state index is -0.705. The molecule has 7 heteroatoms. The predicted octanol–water partition coefficient (Wildman–Crippen LogP) is 1.70. The van der Waals surface area contributed by atoms with Crippen molar-refractivity contribution in [3.05, 3.63) is 0 Å². The van der Waals surface area contributed by atoms with Crippen molar-refractivity contribution in [1.82, 2.24) is 10.2 Å². The average Bonchev–Trinajstić information content (AvgIpc) is 2.79. The van der Waals surface area contributed by atoms with Crippen LogP contribution in [-0.4, -0.2) is 53.3 Å².